The second-order valence-electron chi connectivity index (χ2n) is 7.47. The number of halogens is 1. The van der Waals surface area contributed by atoms with Gasteiger partial charge in [-0.05, 0) is 62.4 Å². The molecule has 1 aliphatic heterocycles. The number of carbonyl (C=O) groups is 1. The van der Waals surface area contributed by atoms with E-state index < -0.39 is 0 Å². The molecule has 0 bridgehead atoms. The van der Waals surface area contributed by atoms with Crippen molar-refractivity contribution >= 4 is 20.5 Å². The van der Waals surface area contributed by atoms with Crippen LogP contribution in [-0.2, 0) is 11.3 Å². The van der Waals surface area contributed by atoms with Crippen molar-refractivity contribution in [2.45, 2.75) is 51.5 Å². The predicted molar refractivity (Wildman–Crippen MR) is 113 cm³/mol. The van der Waals surface area contributed by atoms with Crippen molar-refractivity contribution < 1.29 is 9.18 Å². The largest absolute Gasteiger partial charge is 0.375 e. The lowest BCUT2D eigenvalue weighted by atomic mass is 9.94. The highest BCUT2D eigenvalue weighted by atomic mass is 31.0. The van der Waals surface area contributed by atoms with E-state index in [0.29, 0.717) is 24.2 Å². The highest BCUT2D eigenvalue weighted by Crippen LogP contribution is 2.17. The van der Waals surface area contributed by atoms with Gasteiger partial charge in [0.05, 0.1) is 0 Å². The summed E-state index contributed by atoms with van der Waals surface area (Å²) in [5.41, 5.74) is 1.02. The fourth-order valence-electron chi connectivity index (χ4n) is 3.43. The van der Waals surface area contributed by atoms with Crippen molar-refractivity contribution in [3.8, 4) is 0 Å². The molecule has 1 fully saturated rings. The van der Waals surface area contributed by atoms with E-state index in [0.717, 1.165) is 31.5 Å². The van der Waals surface area contributed by atoms with Crippen molar-refractivity contribution in [3.05, 3.63) is 42.0 Å². The maximum atomic E-state index is 13.3. The molecule has 1 aromatic carbocycles. The molecule has 0 saturated carbocycles. The molecule has 150 valence electrons. The average molecular weight is 393 g/mol. The van der Waals surface area contributed by atoms with Crippen LogP contribution < -0.4 is 15.9 Å². The summed E-state index contributed by atoms with van der Waals surface area (Å²) >= 11 is 0. The van der Waals surface area contributed by atoms with Gasteiger partial charge < -0.3 is 15.5 Å². The number of nitrogens with zero attached hydrogens (tertiary/aromatic N) is 1. The predicted octanol–water partition coefficient (Wildman–Crippen LogP) is 3.30. The summed E-state index contributed by atoms with van der Waals surface area (Å²) in [5, 5.41) is 6.92. The van der Waals surface area contributed by atoms with Crippen molar-refractivity contribution in [1.29, 1.82) is 0 Å². The van der Waals surface area contributed by atoms with Crippen molar-refractivity contribution in [1.82, 2.24) is 15.5 Å². The van der Waals surface area contributed by atoms with E-state index in [9.17, 15) is 9.18 Å². The first-order valence-electron chi connectivity index (χ1n) is 9.95. The van der Waals surface area contributed by atoms with Crippen LogP contribution in [0.5, 0.6) is 0 Å². The van der Waals surface area contributed by atoms with Gasteiger partial charge in [0, 0.05) is 37.7 Å². The van der Waals surface area contributed by atoms with E-state index in [1.54, 1.807) is 12.3 Å². The molecule has 0 radical (unpaired) electrons. The zero-order valence-corrected chi connectivity index (χ0v) is 17.5. The van der Waals surface area contributed by atoms with Crippen LogP contribution in [0.1, 0.15) is 50.5 Å². The molecule has 0 spiro atoms. The topological polar surface area (TPSA) is 44.4 Å². The lowest BCUT2D eigenvalue weighted by molar-refractivity contribution is -0.120. The summed E-state index contributed by atoms with van der Waals surface area (Å²) in [6.45, 7) is 2.88. The van der Waals surface area contributed by atoms with E-state index in [1.807, 2.05) is 24.2 Å². The number of benzene rings is 1. The Kier molecular flexibility index (Phi) is 9.79. The molecular formula is C21H33FN3OP. The normalized spacial score (nSPS) is 18.1. The van der Waals surface area contributed by atoms with Crippen LogP contribution in [0.3, 0.4) is 0 Å². The number of carbonyl (C=O) groups excluding carboxylic acids is 1. The van der Waals surface area contributed by atoms with Gasteiger partial charge in [-0.15, -0.1) is 9.24 Å². The highest BCUT2D eigenvalue weighted by Gasteiger charge is 2.11. The van der Waals surface area contributed by atoms with Crippen LogP contribution in [-0.4, -0.2) is 30.9 Å². The first kappa shape index (κ1) is 21.8. The molecule has 6 heteroatoms. The monoisotopic (exact) mass is 393 g/mol. The Morgan fingerprint density at radius 1 is 1.41 bits per heavy atom. The summed E-state index contributed by atoms with van der Waals surface area (Å²) in [7, 11) is 4.33. The molecule has 2 unspecified atom stereocenters. The maximum absolute atomic E-state index is 13.3. The standard InChI is InChI=1S/C21H33FN3OP/c1-25(16-18-9-10-19(22)20(27)14-18)13-12-24-21(26)8-5-7-17-6-3-2-4-11-23-15-17/h9-10,12-14,17,23H,2-8,11,15-16,27H2,1H3,(H,24,26)/b13-12+. The molecule has 1 amide bonds. The molecular weight excluding hydrogens is 360 g/mol. The Labute approximate surface area is 165 Å². The van der Waals surface area contributed by atoms with Gasteiger partial charge >= 0.3 is 0 Å². The number of hydrogen-bond acceptors (Lipinski definition) is 3. The van der Waals surface area contributed by atoms with Crippen LogP contribution in [0.15, 0.2) is 30.6 Å². The molecule has 0 aromatic heterocycles. The van der Waals surface area contributed by atoms with E-state index >= 15 is 0 Å². The third kappa shape index (κ3) is 8.85. The van der Waals surface area contributed by atoms with E-state index in [2.05, 4.69) is 19.9 Å². The van der Waals surface area contributed by atoms with Gasteiger partial charge in [0.15, 0.2) is 0 Å². The summed E-state index contributed by atoms with van der Waals surface area (Å²) in [4.78, 5) is 13.9. The average Bonchev–Trinajstić information content (AvgIpc) is 2.60. The Morgan fingerprint density at radius 3 is 3.07 bits per heavy atom. The van der Waals surface area contributed by atoms with Crippen LogP contribution in [0, 0.1) is 11.7 Å². The first-order valence-corrected chi connectivity index (χ1v) is 10.5. The molecule has 0 aliphatic carbocycles. The third-order valence-corrected chi connectivity index (χ3v) is 5.42. The molecule has 2 atom stereocenters. The number of rotatable bonds is 8. The molecule has 1 aliphatic rings. The molecule has 1 saturated heterocycles. The Balaban J connectivity index is 1.62. The van der Waals surface area contributed by atoms with Crippen LogP contribution in [0.4, 0.5) is 4.39 Å². The van der Waals surface area contributed by atoms with Crippen LogP contribution >= 0.6 is 9.24 Å². The van der Waals surface area contributed by atoms with E-state index in [1.165, 1.54) is 31.7 Å². The summed E-state index contributed by atoms with van der Waals surface area (Å²) in [6, 6.07) is 5.06. The Morgan fingerprint density at radius 2 is 2.26 bits per heavy atom. The lowest BCUT2D eigenvalue weighted by Gasteiger charge is -2.20. The van der Waals surface area contributed by atoms with Gasteiger partial charge in [-0.1, -0.05) is 18.9 Å². The third-order valence-electron chi connectivity index (χ3n) is 4.98. The quantitative estimate of drug-likeness (QED) is 0.666. The maximum Gasteiger partial charge on any atom is 0.223 e. The second kappa shape index (κ2) is 12.1. The molecule has 2 rings (SSSR count). The SMILES string of the molecule is CN(/C=C/NC(=O)CCCC1CCCCCNC1)Cc1ccc(F)c(P)c1. The fourth-order valence-corrected chi connectivity index (χ4v) is 3.74. The van der Waals surface area contributed by atoms with Crippen LogP contribution in [0.2, 0.25) is 0 Å². The number of nitrogens with one attached hydrogen (secondary N) is 2. The van der Waals surface area contributed by atoms with E-state index in [-0.39, 0.29) is 11.7 Å². The zero-order chi connectivity index (χ0) is 19.5. The number of amides is 1. The van der Waals surface area contributed by atoms with Crippen molar-refractivity contribution in [2.75, 3.05) is 20.1 Å². The van der Waals surface area contributed by atoms with E-state index in [4.69, 9.17) is 0 Å². The van der Waals surface area contributed by atoms with Gasteiger partial charge in [-0.25, -0.2) is 4.39 Å². The molecule has 27 heavy (non-hydrogen) atoms. The summed E-state index contributed by atoms with van der Waals surface area (Å²) in [5.74, 6) is 0.550. The minimum atomic E-state index is -0.218. The highest BCUT2D eigenvalue weighted by molar-refractivity contribution is 7.27. The van der Waals surface area contributed by atoms with Gasteiger partial charge in [-0.2, -0.15) is 0 Å². The summed E-state index contributed by atoms with van der Waals surface area (Å²) in [6.07, 6.45) is 11.3. The fraction of sp³-hybridized carbons (Fsp3) is 0.571. The van der Waals surface area contributed by atoms with Gasteiger partial charge in [-0.3, -0.25) is 4.79 Å². The lowest BCUT2D eigenvalue weighted by Crippen LogP contribution is -2.26. The summed E-state index contributed by atoms with van der Waals surface area (Å²) < 4.78 is 13.3. The van der Waals surface area contributed by atoms with Crippen LogP contribution in [0.25, 0.3) is 0 Å². The smallest absolute Gasteiger partial charge is 0.223 e. The number of hydrogen-bond donors (Lipinski definition) is 2. The molecule has 1 heterocycles. The second-order valence-corrected chi connectivity index (χ2v) is 8.09. The minimum absolute atomic E-state index is 0.0625. The van der Waals surface area contributed by atoms with Crippen molar-refractivity contribution in [3.63, 3.8) is 0 Å². The van der Waals surface area contributed by atoms with Gasteiger partial charge in [0.2, 0.25) is 5.91 Å². The Bertz CT molecular complexity index is 615. The van der Waals surface area contributed by atoms with Gasteiger partial charge in [0.1, 0.15) is 5.82 Å². The van der Waals surface area contributed by atoms with Gasteiger partial charge in [0.25, 0.3) is 0 Å². The zero-order valence-electron chi connectivity index (χ0n) is 16.3. The van der Waals surface area contributed by atoms with Crippen molar-refractivity contribution in [2.24, 2.45) is 5.92 Å². The Hall–Kier alpha value is -1.45. The molecule has 2 N–H and O–H groups in total. The molecule has 4 nitrogen and oxygen atoms in total. The minimum Gasteiger partial charge on any atom is -0.375 e. The molecule has 1 aromatic rings. The first-order chi connectivity index (χ1) is 13.0.